The first kappa shape index (κ1) is 26.4. The zero-order valence-electron chi connectivity index (χ0n) is 20.6. The number of fused-ring (bicyclic) bond motifs is 2. The Morgan fingerprint density at radius 2 is 1.82 bits per heavy atom. The molecule has 206 valence electrons. The van der Waals surface area contributed by atoms with Gasteiger partial charge in [-0.25, -0.2) is 31.6 Å². The number of nitrogens with one attached hydrogen (secondary N) is 3. The maximum atomic E-state index is 15.7. The average Bonchev–Trinajstić information content (AvgIpc) is 3.40. The molecule has 6 rings (SSSR count). The molecule has 0 bridgehead atoms. The molecule has 0 spiro atoms. The summed E-state index contributed by atoms with van der Waals surface area (Å²) in [6.45, 7) is 1.73. The molecule has 5 aromatic rings. The lowest BCUT2D eigenvalue weighted by molar-refractivity contribution is 0.477. The number of rotatable bonds is 6. The minimum atomic E-state index is -4.44. The van der Waals surface area contributed by atoms with Gasteiger partial charge in [-0.1, -0.05) is 11.6 Å². The Labute approximate surface area is 231 Å². The van der Waals surface area contributed by atoms with Crippen molar-refractivity contribution in [2.45, 2.75) is 23.8 Å². The van der Waals surface area contributed by atoms with Gasteiger partial charge in [0.05, 0.1) is 28.4 Å². The summed E-state index contributed by atoms with van der Waals surface area (Å²) in [5, 5.41) is 6.98. The van der Waals surface area contributed by atoms with Crippen LogP contribution in [-0.4, -0.2) is 37.5 Å². The molecule has 1 saturated heterocycles. The molecule has 40 heavy (non-hydrogen) atoms. The van der Waals surface area contributed by atoms with Crippen molar-refractivity contribution in [1.82, 2.24) is 15.3 Å². The number of aromatic nitrogens is 2. The van der Waals surface area contributed by atoms with Crippen molar-refractivity contribution in [2.75, 3.05) is 23.1 Å². The molecule has 3 N–H and O–H groups in total. The Balaban J connectivity index is 1.36. The van der Waals surface area contributed by atoms with Gasteiger partial charge < -0.3 is 15.1 Å². The number of sulfonamides is 1. The number of anilines is 2. The minimum Gasteiger partial charge on any atom is -0.463 e. The van der Waals surface area contributed by atoms with Crippen LogP contribution in [0.15, 0.2) is 64.2 Å². The molecule has 0 saturated carbocycles. The van der Waals surface area contributed by atoms with E-state index in [0.29, 0.717) is 11.3 Å². The van der Waals surface area contributed by atoms with Gasteiger partial charge in [0, 0.05) is 28.2 Å². The topological polar surface area (TPSA) is 109 Å². The molecule has 0 atom stereocenters. The van der Waals surface area contributed by atoms with E-state index in [4.69, 9.17) is 16.0 Å². The normalized spacial score (nSPS) is 14.6. The van der Waals surface area contributed by atoms with E-state index in [9.17, 15) is 12.8 Å². The van der Waals surface area contributed by atoms with E-state index >= 15 is 8.78 Å². The lowest BCUT2D eigenvalue weighted by Crippen LogP contribution is -2.35. The number of halogens is 4. The van der Waals surface area contributed by atoms with Gasteiger partial charge >= 0.3 is 0 Å². The highest BCUT2D eigenvalue weighted by molar-refractivity contribution is 7.93. The molecule has 13 heteroatoms. The average molecular weight is 588 g/mol. The van der Waals surface area contributed by atoms with E-state index in [1.165, 1.54) is 36.7 Å². The highest BCUT2D eigenvalue weighted by Crippen LogP contribution is 2.36. The van der Waals surface area contributed by atoms with Crippen molar-refractivity contribution < 1.29 is 26.0 Å². The maximum absolute atomic E-state index is 15.7. The Morgan fingerprint density at radius 3 is 2.62 bits per heavy atom. The number of piperidine rings is 1. The molecular weight excluding hydrogens is 567 g/mol. The minimum absolute atomic E-state index is 0.00855. The van der Waals surface area contributed by atoms with Crippen LogP contribution < -0.4 is 15.4 Å². The summed E-state index contributed by atoms with van der Waals surface area (Å²) in [6.07, 6.45) is 4.31. The van der Waals surface area contributed by atoms with Crippen LogP contribution in [0.3, 0.4) is 0 Å². The quantitative estimate of drug-likeness (QED) is 0.221. The second kappa shape index (κ2) is 10.3. The van der Waals surface area contributed by atoms with Crippen molar-refractivity contribution in [2.24, 2.45) is 0 Å². The molecule has 0 unspecified atom stereocenters. The molecule has 3 heterocycles. The smallest absolute Gasteiger partial charge is 0.265 e. The summed E-state index contributed by atoms with van der Waals surface area (Å²) >= 11 is 6.05. The van der Waals surface area contributed by atoms with Crippen LogP contribution >= 0.6 is 11.6 Å². The van der Waals surface area contributed by atoms with Gasteiger partial charge in [-0.3, -0.25) is 4.72 Å². The van der Waals surface area contributed by atoms with Gasteiger partial charge in [0.25, 0.3) is 10.0 Å². The van der Waals surface area contributed by atoms with Crippen LogP contribution in [0.4, 0.5) is 24.8 Å². The first-order valence-corrected chi connectivity index (χ1v) is 14.2. The van der Waals surface area contributed by atoms with Crippen LogP contribution in [0.25, 0.3) is 33.0 Å². The molecular formula is C27H21ClF3N5O3S. The largest absolute Gasteiger partial charge is 0.463 e. The van der Waals surface area contributed by atoms with Crippen LogP contribution in [0, 0.1) is 17.5 Å². The molecule has 3 aromatic carbocycles. The van der Waals surface area contributed by atoms with Gasteiger partial charge in [0.2, 0.25) is 5.95 Å². The zero-order valence-corrected chi connectivity index (χ0v) is 22.2. The highest BCUT2D eigenvalue weighted by atomic mass is 35.5. The van der Waals surface area contributed by atoms with Crippen LogP contribution in [-0.2, 0) is 10.0 Å². The number of nitrogens with zero attached hydrogens (tertiary/aromatic N) is 2. The third-order valence-electron chi connectivity index (χ3n) is 6.75. The zero-order chi connectivity index (χ0) is 28.0. The van der Waals surface area contributed by atoms with Gasteiger partial charge in [0.15, 0.2) is 11.4 Å². The first-order valence-electron chi connectivity index (χ1n) is 12.3. The number of hydrogen-bond donors (Lipinski definition) is 3. The summed E-state index contributed by atoms with van der Waals surface area (Å²) in [6, 6.07) is 8.74. The maximum Gasteiger partial charge on any atom is 0.265 e. The van der Waals surface area contributed by atoms with Crippen molar-refractivity contribution in [3.63, 3.8) is 0 Å². The molecule has 0 aliphatic carbocycles. The molecule has 8 nitrogen and oxygen atoms in total. The molecule has 0 radical (unpaired) electrons. The van der Waals surface area contributed by atoms with Crippen molar-refractivity contribution >= 4 is 55.1 Å². The number of hydrogen-bond acceptors (Lipinski definition) is 7. The Hall–Kier alpha value is -3.87. The third kappa shape index (κ3) is 4.82. The molecule has 1 aliphatic rings. The summed E-state index contributed by atoms with van der Waals surface area (Å²) in [5.74, 6) is -3.01. The molecule has 0 amide bonds. The fourth-order valence-corrected chi connectivity index (χ4v) is 6.32. The number of benzene rings is 3. The summed E-state index contributed by atoms with van der Waals surface area (Å²) < 4.78 is 80.0. The van der Waals surface area contributed by atoms with E-state index in [2.05, 4.69) is 25.3 Å². The predicted octanol–water partition coefficient (Wildman–Crippen LogP) is 6.08. The van der Waals surface area contributed by atoms with Crippen molar-refractivity contribution in [3.8, 4) is 11.1 Å². The Morgan fingerprint density at radius 1 is 1.02 bits per heavy atom. The van der Waals surface area contributed by atoms with Gasteiger partial charge in [-0.05, 0) is 68.4 Å². The van der Waals surface area contributed by atoms with Gasteiger partial charge in [-0.2, -0.15) is 0 Å². The lowest BCUT2D eigenvalue weighted by atomic mass is 10.0. The van der Waals surface area contributed by atoms with E-state index in [1.54, 1.807) is 0 Å². The third-order valence-corrected chi connectivity index (χ3v) is 8.34. The molecule has 1 aliphatic heterocycles. The van der Waals surface area contributed by atoms with Crippen molar-refractivity contribution in [3.05, 3.63) is 77.4 Å². The van der Waals surface area contributed by atoms with Crippen LogP contribution in [0.5, 0.6) is 0 Å². The SMILES string of the molecule is O=S(=O)(Nc1ccc(F)c(-c2ccc3nc(NC4CCNCC4)ncc3c2F)c1F)c1cc(Cl)cc2ccoc12. The summed E-state index contributed by atoms with van der Waals surface area (Å²) in [5.41, 5.74) is -1.50. The predicted molar refractivity (Wildman–Crippen MR) is 146 cm³/mol. The lowest BCUT2D eigenvalue weighted by Gasteiger charge is -2.23. The molecule has 1 fully saturated rings. The fourth-order valence-electron chi connectivity index (χ4n) is 4.77. The second-order valence-corrected chi connectivity index (χ2v) is 11.4. The van der Waals surface area contributed by atoms with Crippen LogP contribution in [0.1, 0.15) is 12.8 Å². The standard InChI is InChI=1S/C27H21ClF3N5O3S/c28-15-11-14-7-10-39-26(14)22(12-15)40(37,38)36-21-4-2-19(29)23(25(21)31)17-1-3-20-18(24(17)30)13-33-27(35-20)34-16-5-8-32-9-6-16/h1-4,7,10-13,16,32,36H,5-6,8-9H2,(H,33,34,35). The highest BCUT2D eigenvalue weighted by Gasteiger charge is 2.26. The van der Waals surface area contributed by atoms with E-state index in [0.717, 1.165) is 44.1 Å². The summed E-state index contributed by atoms with van der Waals surface area (Å²) in [7, 11) is -4.44. The van der Waals surface area contributed by atoms with Gasteiger partial charge in [0.1, 0.15) is 16.5 Å². The van der Waals surface area contributed by atoms with Crippen LogP contribution in [0.2, 0.25) is 5.02 Å². The van der Waals surface area contributed by atoms with Crippen molar-refractivity contribution in [1.29, 1.82) is 0 Å². The first-order chi connectivity index (χ1) is 19.2. The Bertz CT molecular complexity index is 1880. The van der Waals surface area contributed by atoms with E-state index in [1.807, 2.05) is 0 Å². The number of furan rings is 1. The second-order valence-electron chi connectivity index (χ2n) is 9.35. The van der Waals surface area contributed by atoms with Gasteiger partial charge in [-0.15, -0.1) is 0 Å². The monoisotopic (exact) mass is 587 g/mol. The Kier molecular flexibility index (Phi) is 6.77. The fraction of sp³-hybridized carbons (Fsp3) is 0.185. The summed E-state index contributed by atoms with van der Waals surface area (Å²) in [4.78, 5) is 8.20. The van der Waals surface area contributed by atoms with E-state index < -0.39 is 44.3 Å². The van der Waals surface area contributed by atoms with E-state index in [-0.39, 0.29) is 32.4 Å². The molecule has 2 aromatic heterocycles.